The third-order valence-electron chi connectivity index (χ3n) is 5.76. The lowest BCUT2D eigenvalue weighted by Crippen LogP contribution is -2.32. The van der Waals surface area contributed by atoms with Crippen molar-refractivity contribution in [3.8, 4) is 0 Å². The number of nitrogens with zero attached hydrogens (tertiary/aromatic N) is 3. The van der Waals surface area contributed by atoms with E-state index in [9.17, 15) is 9.90 Å². The van der Waals surface area contributed by atoms with E-state index in [1.54, 1.807) is 13.2 Å². The summed E-state index contributed by atoms with van der Waals surface area (Å²) in [6.07, 6.45) is 0.924. The van der Waals surface area contributed by atoms with Crippen molar-refractivity contribution < 1.29 is 14.6 Å². The van der Waals surface area contributed by atoms with Crippen LogP contribution in [0.1, 0.15) is 32.9 Å². The molecule has 1 aliphatic heterocycles. The number of anilines is 1. The Balaban J connectivity index is 1.91. The smallest absolute Gasteiger partial charge is 0.354 e. The standard InChI is InChI=1S/C22H25N3O3/c1-14-15(2)25(10-11-28-3)20-18(14)12-19(22(26)27)23-21(20)24-9-8-16-6-4-5-7-17(16)13-24/h4-7,12H,8-11,13H2,1-3H3,(H,26,27). The molecule has 6 nitrogen and oxygen atoms in total. The fourth-order valence-corrected chi connectivity index (χ4v) is 4.11. The molecular weight excluding hydrogens is 354 g/mol. The Bertz CT molecular complexity index is 1050. The number of hydrogen-bond donors (Lipinski definition) is 1. The van der Waals surface area contributed by atoms with Crippen LogP contribution in [0.2, 0.25) is 0 Å². The molecule has 4 rings (SSSR count). The van der Waals surface area contributed by atoms with Gasteiger partial charge >= 0.3 is 5.97 Å². The van der Waals surface area contributed by atoms with Crippen molar-refractivity contribution in [1.82, 2.24) is 9.55 Å². The van der Waals surface area contributed by atoms with E-state index in [1.807, 2.05) is 6.92 Å². The van der Waals surface area contributed by atoms with E-state index in [0.29, 0.717) is 13.2 Å². The second kappa shape index (κ2) is 7.28. The Kier molecular flexibility index (Phi) is 4.81. The average molecular weight is 379 g/mol. The van der Waals surface area contributed by atoms with E-state index < -0.39 is 5.97 Å². The zero-order valence-electron chi connectivity index (χ0n) is 16.5. The summed E-state index contributed by atoms with van der Waals surface area (Å²) in [5, 5.41) is 10.6. The number of benzene rings is 1. The molecule has 0 saturated carbocycles. The van der Waals surface area contributed by atoms with Gasteiger partial charge in [0.15, 0.2) is 11.5 Å². The Morgan fingerprint density at radius 1 is 1.25 bits per heavy atom. The van der Waals surface area contributed by atoms with Gasteiger partial charge in [0.05, 0.1) is 12.1 Å². The number of carboxylic acid groups (broad SMARTS) is 1. The van der Waals surface area contributed by atoms with Gasteiger partial charge in [-0.15, -0.1) is 0 Å². The van der Waals surface area contributed by atoms with E-state index >= 15 is 0 Å². The summed E-state index contributed by atoms with van der Waals surface area (Å²) in [4.78, 5) is 18.5. The van der Waals surface area contributed by atoms with Crippen molar-refractivity contribution >= 4 is 22.7 Å². The molecule has 1 aromatic carbocycles. The third kappa shape index (κ3) is 3.03. The van der Waals surface area contributed by atoms with Crippen LogP contribution in [0.15, 0.2) is 30.3 Å². The number of carbonyl (C=O) groups is 1. The molecule has 3 aromatic rings. The summed E-state index contributed by atoms with van der Waals surface area (Å²) < 4.78 is 7.51. The lowest BCUT2D eigenvalue weighted by Gasteiger charge is -2.31. The summed E-state index contributed by atoms with van der Waals surface area (Å²) in [5.41, 5.74) is 5.92. The molecule has 1 aliphatic rings. The molecule has 6 heteroatoms. The highest BCUT2D eigenvalue weighted by Crippen LogP contribution is 2.34. The fraction of sp³-hybridized carbons (Fsp3) is 0.364. The van der Waals surface area contributed by atoms with Crippen LogP contribution in [0.4, 0.5) is 5.82 Å². The number of carboxylic acids is 1. The average Bonchev–Trinajstić information content (AvgIpc) is 2.95. The fourth-order valence-electron chi connectivity index (χ4n) is 4.11. The number of pyridine rings is 1. The number of hydrogen-bond acceptors (Lipinski definition) is 4. The molecule has 3 heterocycles. The number of aromatic carboxylic acids is 1. The van der Waals surface area contributed by atoms with Crippen LogP contribution in [0.25, 0.3) is 10.9 Å². The Morgan fingerprint density at radius 2 is 2.00 bits per heavy atom. The van der Waals surface area contributed by atoms with Crippen LogP contribution in [-0.4, -0.2) is 40.9 Å². The summed E-state index contributed by atoms with van der Waals surface area (Å²) in [7, 11) is 1.69. The second-order valence-corrected chi connectivity index (χ2v) is 7.33. The molecule has 0 bridgehead atoms. The molecular formula is C22H25N3O3. The minimum absolute atomic E-state index is 0.0911. The maximum Gasteiger partial charge on any atom is 0.354 e. The molecule has 0 radical (unpaired) electrons. The van der Waals surface area contributed by atoms with E-state index in [2.05, 4.69) is 45.6 Å². The van der Waals surface area contributed by atoms with Crippen LogP contribution in [0, 0.1) is 13.8 Å². The SMILES string of the molecule is COCCn1c(C)c(C)c2cc(C(=O)O)nc(N3CCc4ccccc4C3)c21. The van der Waals surface area contributed by atoms with Gasteiger partial charge in [-0.25, -0.2) is 9.78 Å². The molecule has 146 valence electrons. The molecule has 28 heavy (non-hydrogen) atoms. The van der Waals surface area contributed by atoms with Crippen molar-refractivity contribution in [2.24, 2.45) is 0 Å². The van der Waals surface area contributed by atoms with Crippen LogP contribution in [0.5, 0.6) is 0 Å². The second-order valence-electron chi connectivity index (χ2n) is 7.33. The predicted octanol–water partition coefficient (Wildman–Crippen LogP) is 3.56. The van der Waals surface area contributed by atoms with Crippen molar-refractivity contribution in [3.63, 3.8) is 0 Å². The highest BCUT2D eigenvalue weighted by atomic mass is 16.5. The van der Waals surface area contributed by atoms with Gasteiger partial charge in [0.25, 0.3) is 0 Å². The first-order chi connectivity index (χ1) is 13.5. The maximum absolute atomic E-state index is 11.7. The molecule has 0 aliphatic carbocycles. The largest absolute Gasteiger partial charge is 0.477 e. The lowest BCUT2D eigenvalue weighted by atomic mass is 10.00. The van der Waals surface area contributed by atoms with Gasteiger partial charge in [-0.05, 0) is 43.0 Å². The summed E-state index contributed by atoms with van der Waals surface area (Å²) in [5.74, 6) is -0.251. The molecule has 0 atom stereocenters. The normalized spacial score (nSPS) is 13.8. The Labute approximate surface area is 164 Å². The van der Waals surface area contributed by atoms with Gasteiger partial charge in [0.2, 0.25) is 0 Å². The lowest BCUT2D eigenvalue weighted by molar-refractivity contribution is 0.0691. The van der Waals surface area contributed by atoms with Crippen LogP contribution >= 0.6 is 0 Å². The molecule has 0 spiro atoms. The van der Waals surface area contributed by atoms with Crippen molar-refractivity contribution in [3.05, 3.63) is 58.4 Å². The van der Waals surface area contributed by atoms with Crippen molar-refractivity contribution in [2.45, 2.75) is 33.4 Å². The van der Waals surface area contributed by atoms with Gasteiger partial charge in [-0.2, -0.15) is 0 Å². The van der Waals surface area contributed by atoms with Gasteiger partial charge in [0, 0.05) is 37.8 Å². The zero-order chi connectivity index (χ0) is 19.8. The Morgan fingerprint density at radius 3 is 2.71 bits per heavy atom. The van der Waals surface area contributed by atoms with Crippen molar-refractivity contribution in [2.75, 3.05) is 25.2 Å². The number of methoxy groups -OCH3 is 1. The first kappa shape index (κ1) is 18.5. The minimum atomic E-state index is -0.998. The van der Waals surface area contributed by atoms with Crippen LogP contribution in [-0.2, 0) is 24.2 Å². The van der Waals surface area contributed by atoms with Gasteiger partial charge in [0.1, 0.15) is 0 Å². The van der Waals surface area contributed by atoms with Gasteiger partial charge in [-0.3, -0.25) is 0 Å². The predicted molar refractivity (Wildman–Crippen MR) is 109 cm³/mol. The number of aromatic nitrogens is 2. The highest BCUT2D eigenvalue weighted by molar-refractivity contribution is 5.99. The van der Waals surface area contributed by atoms with E-state index in [-0.39, 0.29) is 5.69 Å². The molecule has 1 N–H and O–H groups in total. The van der Waals surface area contributed by atoms with Gasteiger partial charge in [-0.1, -0.05) is 24.3 Å². The minimum Gasteiger partial charge on any atom is -0.477 e. The van der Waals surface area contributed by atoms with E-state index in [0.717, 1.165) is 47.5 Å². The maximum atomic E-state index is 11.7. The quantitative estimate of drug-likeness (QED) is 0.734. The topological polar surface area (TPSA) is 67.6 Å². The highest BCUT2D eigenvalue weighted by Gasteiger charge is 2.25. The molecule has 2 aromatic heterocycles. The van der Waals surface area contributed by atoms with Crippen molar-refractivity contribution in [1.29, 1.82) is 0 Å². The molecule has 0 saturated heterocycles. The molecule has 0 unspecified atom stereocenters. The number of fused-ring (bicyclic) bond motifs is 2. The third-order valence-corrected chi connectivity index (χ3v) is 5.76. The summed E-state index contributed by atoms with van der Waals surface area (Å²) in [6.45, 7) is 6.96. The van der Waals surface area contributed by atoms with E-state index in [4.69, 9.17) is 4.74 Å². The zero-order valence-corrected chi connectivity index (χ0v) is 16.5. The number of rotatable bonds is 5. The molecule has 0 amide bonds. The van der Waals surface area contributed by atoms with E-state index in [1.165, 1.54) is 11.1 Å². The van der Waals surface area contributed by atoms with Crippen LogP contribution < -0.4 is 4.90 Å². The first-order valence-electron chi connectivity index (χ1n) is 9.55. The molecule has 0 fully saturated rings. The number of ether oxygens (including phenoxy) is 1. The Hall–Kier alpha value is -2.86. The van der Waals surface area contributed by atoms with Crippen LogP contribution in [0.3, 0.4) is 0 Å². The van der Waals surface area contributed by atoms with Gasteiger partial charge < -0.3 is 19.3 Å². The first-order valence-corrected chi connectivity index (χ1v) is 9.55. The number of aryl methyl sites for hydroxylation is 1. The summed E-state index contributed by atoms with van der Waals surface area (Å²) in [6, 6.07) is 10.1. The monoisotopic (exact) mass is 379 g/mol. The summed E-state index contributed by atoms with van der Waals surface area (Å²) >= 11 is 0.